The van der Waals surface area contributed by atoms with Gasteiger partial charge in [0.05, 0.1) is 28.6 Å². The summed E-state index contributed by atoms with van der Waals surface area (Å²) in [4.78, 5) is 12.1. The zero-order valence-corrected chi connectivity index (χ0v) is 14.8. The summed E-state index contributed by atoms with van der Waals surface area (Å²) >= 11 is 11.8. The van der Waals surface area contributed by atoms with Gasteiger partial charge in [0, 0.05) is 13.7 Å². The molecule has 0 spiro atoms. The van der Waals surface area contributed by atoms with E-state index < -0.39 is 0 Å². The fourth-order valence-electron chi connectivity index (χ4n) is 2.64. The topological polar surface area (TPSA) is 50.4 Å². The number of ether oxygens (including phenoxy) is 1. The number of halogens is 3. The van der Waals surface area contributed by atoms with Gasteiger partial charge in [0.15, 0.2) is 0 Å². The molecular weight excluding hydrogens is 347 g/mol. The Bertz CT molecular complexity index is 506. The molecule has 0 aromatic heterocycles. The van der Waals surface area contributed by atoms with Gasteiger partial charge in [-0.15, -0.1) is 12.4 Å². The van der Waals surface area contributed by atoms with Crippen LogP contribution in [0.2, 0.25) is 10.0 Å². The van der Waals surface area contributed by atoms with Crippen molar-refractivity contribution in [3.8, 4) is 0 Å². The maximum atomic E-state index is 12.1. The van der Waals surface area contributed by atoms with E-state index in [4.69, 9.17) is 27.9 Å². The van der Waals surface area contributed by atoms with Crippen LogP contribution in [-0.4, -0.2) is 38.3 Å². The van der Waals surface area contributed by atoms with Crippen molar-refractivity contribution in [3.63, 3.8) is 0 Å². The van der Waals surface area contributed by atoms with Crippen LogP contribution in [0.1, 0.15) is 18.4 Å². The number of carbonyl (C=O) groups is 1. The molecule has 0 saturated carbocycles. The number of nitrogens with one attached hydrogen (secondary N) is 2. The first-order valence-electron chi connectivity index (χ1n) is 6.99. The van der Waals surface area contributed by atoms with Crippen molar-refractivity contribution in [3.05, 3.63) is 33.8 Å². The van der Waals surface area contributed by atoms with E-state index in [0.29, 0.717) is 29.6 Å². The minimum atomic E-state index is -0.137. The fourth-order valence-corrected chi connectivity index (χ4v) is 2.96. The number of hydrogen-bond acceptors (Lipinski definition) is 3. The second-order valence-electron chi connectivity index (χ2n) is 5.45. The highest BCUT2D eigenvalue weighted by Crippen LogP contribution is 2.23. The molecule has 4 nitrogen and oxygen atoms in total. The molecule has 1 aliphatic heterocycles. The zero-order chi connectivity index (χ0) is 15.3. The molecule has 1 unspecified atom stereocenters. The lowest BCUT2D eigenvalue weighted by Gasteiger charge is -2.29. The Labute approximate surface area is 147 Å². The third kappa shape index (κ3) is 5.28. The number of methoxy groups -OCH3 is 1. The van der Waals surface area contributed by atoms with E-state index in [1.54, 1.807) is 19.2 Å². The molecule has 7 heteroatoms. The number of rotatable bonds is 6. The number of benzene rings is 1. The van der Waals surface area contributed by atoms with Gasteiger partial charge in [-0.1, -0.05) is 29.3 Å². The Balaban J connectivity index is 0.00000242. The molecule has 1 amide bonds. The van der Waals surface area contributed by atoms with Crippen LogP contribution in [0.5, 0.6) is 0 Å². The first-order valence-corrected chi connectivity index (χ1v) is 7.75. The predicted octanol–water partition coefficient (Wildman–Crippen LogP) is 2.84. The smallest absolute Gasteiger partial charge is 0.224 e. The highest BCUT2D eigenvalue weighted by molar-refractivity contribution is 6.42. The lowest BCUT2D eigenvalue weighted by molar-refractivity contribution is -0.120. The largest absolute Gasteiger partial charge is 0.383 e. The van der Waals surface area contributed by atoms with Crippen molar-refractivity contribution >= 4 is 41.5 Å². The van der Waals surface area contributed by atoms with Gasteiger partial charge in [0.2, 0.25) is 5.91 Å². The third-order valence-electron chi connectivity index (χ3n) is 3.73. The van der Waals surface area contributed by atoms with Gasteiger partial charge >= 0.3 is 0 Å². The van der Waals surface area contributed by atoms with Crippen LogP contribution in [0.25, 0.3) is 0 Å². The van der Waals surface area contributed by atoms with Crippen LogP contribution in [0, 0.1) is 0 Å². The zero-order valence-electron chi connectivity index (χ0n) is 12.5. The molecular formula is C15H21Cl3N2O2. The summed E-state index contributed by atoms with van der Waals surface area (Å²) < 4.78 is 5.26. The SMILES string of the molecule is COCC1(CNC(=O)Cc2ccc(Cl)c(Cl)c2)CCCN1.Cl. The molecule has 1 atom stereocenters. The van der Waals surface area contributed by atoms with E-state index in [-0.39, 0.29) is 23.9 Å². The highest BCUT2D eigenvalue weighted by atomic mass is 35.5. The minimum absolute atomic E-state index is 0. The van der Waals surface area contributed by atoms with Crippen LogP contribution in [0.4, 0.5) is 0 Å². The van der Waals surface area contributed by atoms with Crippen molar-refractivity contribution in [1.82, 2.24) is 10.6 Å². The normalized spacial score (nSPS) is 20.5. The summed E-state index contributed by atoms with van der Waals surface area (Å²) in [5.74, 6) is -0.0300. The van der Waals surface area contributed by atoms with Crippen LogP contribution in [0.3, 0.4) is 0 Å². The predicted molar refractivity (Wildman–Crippen MR) is 92.3 cm³/mol. The quantitative estimate of drug-likeness (QED) is 0.813. The van der Waals surface area contributed by atoms with Gasteiger partial charge < -0.3 is 15.4 Å². The van der Waals surface area contributed by atoms with E-state index in [0.717, 1.165) is 24.9 Å². The van der Waals surface area contributed by atoms with Crippen molar-refractivity contribution < 1.29 is 9.53 Å². The maximum Gasteiger partial charge on any atom is 0.224 e. The molecule has 1 heterocycles. The van der Waals surface area contributed by atoms with E-state index in [2.05, 4.69) is 10.6 Å². The van der Waals surface area contributed by atoms with Gasteiger partial charge in [0.25, 0.3) is 0 Å². The molecule has 1 aromatic carbocycles. The second kappa shape index (κ2) is 8.94. The average molecular weight is 368 g/mol. The van der Waals surface area contributed by atoms with E-state index in [1.165, 1.54) is 0 Å². The van der Waals surface area contributed by atoms with E-state index in [9.17, 15) is 4.79 Å². The maximum absolute atomic E-state index is 12.1. The molecule has 22 heavy (non-hydrogen) atoms. The summed E-state index contributed by atoms with van der Waals surface area (Å²) in [5, 5.41) is 7.37. The van der Waals surface area contributed by atoms with Crippen molar-refractivity contribution in [2.45, 2.75) is 24.8 Å². The molecule has 0 bridgehead atoms. The standard InChI is InChI=1S/C15H20Cl2N2O2.ClH/c1-21-10-15(5-2-6-19-15)9-18-14(20)8-11-3-4-12(16)13(17)7-11;/h3-4,7,19H,2,5-6,8-10H2,1H3,(H,18,20);1H. The number of amides is 1. The van der Waals surface area contributed by atoms with Crippen LogP contribution in [-0.2, 0) is 16.0 Å². The summed E-state index contributed by atoms with van der Waals surface area (Å²) in [5.41, 5.74) is 0.712. The second-order valence-corrected chi connectivity index (χ2v) is 6.26. The van der Waals surface area contributed by atoms with Crippen LogP contribution in [0.15, 0.2) is 18.2 Å². The molecule has 0 radical (unpaired) electrons. The Morgan fingerprint density at radius 1 is 1.41 bits per heavy atom. The number of hydrogen-bond donors (Lipinski definition) is 2. The Hall–Kier alpha value is -0.520. The third-order valence-corrected chi connectivity index (χ3v) is 4.46. The first kappa shape index (κ1) is 19.5. The molecule has 1 saturated heterocycles. The van der Waals surface area contributed by atoms with Crippen LogP contribution >= 0.6 is 35.6 Å². The minimum Gasteiger partial charge on any atom is -0.383 e. The van der Waals surface area contributed by atoms with Crippen molar-refractivity contribution in [1.29, 1.82) is 0 Å². The molecule has 2 N–H and O–H groups in total. The Kier molecular flexibility index (Phi) is 7.94. The summed E-state index contributed by atoms with van der Waals surface area (Å²) in [6.07, 6.45) is 2.40. The summed E-state index contributed by atoms with van der Waals surface area (Å²) in [7, 11) is 1.68. The summed E-state index contributed by atoms with van der Waals surface area (Å²) in [6, 6.07) is 5.24. The van der Waals surface area contributed by atoms with Gasteiger partial charge in [-0.05, 0) is 37.1 Å². The van der Waals surface area contributed by atoms with Gasteiger partial charge in [-0.3, -0.25) is 4.79 Å². The van der Waals surface area contributed by atoms with E-state index >= 15 is 0 Å². The molecule has 2 rings (SSSR count). The van der Waals surface area contributed by atoms with E-state index in [1.807, 2.05) is 6.07 Å². The molecule has 1 aliphatic rings. The lowest BCUT2D eigenvalue weighted by atomic mass is 9.98. The van der Waals surface area contributed by atoms with Crippen LogP contribution < -0.4 is 10.6 Å². The first-order chi connectivity index (χ1) is 10.0. The summed E-state index contributed by atoms with van der Waals surface area (Å²) in [6.45, 7) is 2.13. The molecule has 1 aromatic rings. The lowest BCUT2D eigenvalue weighted by Crippen LogP contribution is -2.53. The Morgan fingerprint density at radius 3 is 2.77 bits per heavy atom. The monoisotopic (exact) mass is 366 g/mol. The highest BCUT2D eigenvalue weighted by Gasteiger charge is 2.33. The Morgan fingerprint density at radius 2 is 2.18 bits per heavy atom. The van der Waals surface area contributed by atoms with Gasteiger partial charge in [-0.25, -0.2) is 0 Å². The van der Waals surface area contributed by atoms with Crippen molar-refractivity contribution in [2.75, 3.05) is 26.8 Å². The molecule has 1 fully saturated rings. The number of carbonyl (C=O) groups excluding carboxylic acids is 1. The fraction of sp³-hybridized carbons (Fsp3) is 0.533. The molecule has 0 aliphatic carbocycles. The van der Waals surface area contributed by atoms with Gasteiger partial charge in [0.1, 0.15) is 0 Å². The average Bonchev–Trinajstić information content (AvgIpc) is 2.90. The van der Waals surface area contributed by atoms with Gasteiger partial charge in [-0.2, -0.15) is 0 Å². The molecule has 124 valence electrons. The van der Waals surface area contributed by atoms with Crippen molar-refractivity contribution in [2.24, 2.45) is 0 Å².